The number of piperidine rings is 1. The molecule has 1 aromatic heterocycles. The lowest BCUT2D eigenvalue weighted by molar-refractivity contribution is -0.134. The van der Waals surface area contributed by atoms with Crippen LogP contribution in [-0.2, 0) is 17.8 Å². The molecule has 0 aliphatic carbocycles. The van der Waals surface area contributed by atoms with Gasteiger partial charge in [-0.25, -0.2) is 0 Å². The summed E-state index contributed by atoms with van der Waals surface area (Å²) in [6.45, 7) is 6.14. The van der Waals surface area contributed by atoms with Crippen LogP contribution in [0.2, 0.25) is 0 Å². The highest BCUT2D eigenvalue weighted by Crippen LogP contribution is 2.25. The van der Waals surface area contributed by atoms with E-state index in [2.05, 4.69) is 23.3 Å². The first-order valence-corrected chi connectivity index (χ1v) is 8.82. The van der Waals surface area contributed by atoms with E-state index < -0.39 is 0 Å². The van der Waals surface area contributed by atoms with Crippen molar-refractivity contribution in [2.45, 2.75) is 38.8 Å². The molecule has 0 aromatic carbocycles. The molecule has 0 radical (unpaired) electrons. The first-order valence-electron chi connectivity index (χ1n) is 7.94. The average molecular weight is 307 g/mol. The molecule has 21 heavy (non-hydrogen) atoms. The van der Waals surface area contributed by atoms with E-state index >= 15 is 0 Å². The Morgan fingerprint density at radius 2 is 2.33 bits per heavy atom. The summed E-state index contributed by atoms with van der Waals surface area (Å²) < 4.78 is 0. The molecule has 1 aromatic rings. The van der Waals surface area contributed by atoms with Crippen molar-refractivity contribution >= 4 is 17.2 Å². The number of carbonyl (C=O) groups excluding carboxylic acids is 1. The highest BCUT2D eigenvalue weighted by Gasteiger charge is 2.29. The Morgan fingerprint density at radius 1 is 1.48 bits per heavy atom. The molecule has 1 amide bonds. The Hall–Kier alpha value is -0.910. The van der Waals surface area contributed by atoms with Crippen LogP contribution in [0.1, 0.15) is 30.2 Å². The van der Waals surface area contributed by atoms with Gasteiger partial charge < -0.3 is 10.6 Å². The molecular weight excluding hydrogens is 282 g/mol. The fraction of sp³-hybridized carbons (Fsp3) is 0.688. The van der Waals surface area contributed by atoms with Crippen molar-refractivity contribution in [3.63, 3.8) is 0 Å². The fourth-order valence-electron chi connectivity index (χ4n) is 3.49. The predicted molar refractivity (Wildman–Crippen MR) is 86.3 cm³/mol. The Balaban J connectivity index is 1.59. The summed E-state index contributed by atoms with van der Waals surface area (Å²) in [5.74, 6) is 0.994. The number of nitrogens with two attached hydrogens (primary N) is 1. The molecule has 0 saturated carbocycles. The second-order valence-corrected chi connectivity index (χ2v) is 7.42. The molecule has 2 unspecified atom stereocenters. The van der Waals surface area contributed by atoms with E-state index in [1.54, 1.807) is 0 Å². The van der Waals surface area contributed by atoms with Crippen LogP contribution in [0.5, 0.6) is 0 Å². The predicted octanol–water partition coefficient (Wildman–Crippen LogP) is 1.69. The van der Waals surface area contributed by atoms with Gasteiger partial charge >= 0.3 is 0 Å². The zero-order chi connectivity index (χ0) is 14.8. The molecule has 2 atom stereocenters. The summed E-state index contributed by atoms with van der Waals surface area (Å²) in [5.41, 5.74) is 7.23. The van der Waals surface area contributed by atoms with Gasteiger partial charge in [0, 0.05) is 30.6 Å². The quantitative estimate of drug-likeness (QED) is 0.924. The van der Waals surface area contributed by atoms with Gasteiger partial charge in [-0.15, -0.1) is 11.3 Å². The molecular formula is C16H25N3OS. The molecule has 0 spiro atoms. The van der Waals surface area contributed by atoms with Crippen LogP contribution in [0.3, 0.4) is 0 Å². The lowest BCUT2D eigenvalue weighted by atomic mass is 9.92. The second-order valence-electron chi connectivity index (χ2n) is 6.42. The number of likely N-dealkylation sites (tertiary alicyclic amines) is 1. The van der Waals surface area contributed by atoms with Crippen LogP contribution in [0, 0.1) is 5.92 Å². The molecule has 1 saturated heterocycles. The fourth-order valence-corrected chi connectivity index (χ4v) is 4.38. The average Bonchev–Trinajstić information content (AvgIpc) is 2.96. The van der Waals surface area contributed by atoms with E-state index in [4.69, 9.17) is 5.73 Å². The lowest BCUT2D eigenvalue weighted by Crippen LogP contribution is -2.51. The topological polar surface area (TPSA) is 49.6 Å². The summed E-state index contributed by atoms with van der Waals surface area (Å²) in [6, 6.07) is 2.53. The van der Waals surface area contributed by atoms with Crippen molar-refractivity contribution in [3.05, 3.63) is 21.9 Å². The van der Waals surface area contributed by atoms with Gasteiger partial charge in [-0.05, 0) is 48.7 Å². The SMILES string of the molecule is CC1CCN(CC(=O)N2CCc3sccc3C2)C(CN)C1. The molecule has 2 N–H and O–H groups in total. The maximum Gasteiger partial charge on any atom is 0.237 e. The van der Waals surface area contributed by atoms with Crippen LogP contribution in [0.15, 0.2) is 11.4 Å². The minimum Gasteiger partial charge on any atom is -0.337 e. The minimum absolute atomic E-state index is 0.264. The van der Waals surface area contributed by atoms with Gasteiger partial charge in [0.1, 0.15) is 0 Å². The lowest BCUT2D eigenvalue weighted by Gasteiger charge is -2.39. The molecule has 3 rings (SSSR count). The number of hydrogen-bond acceptors (Lipinski definition) is 4. The third-order valence-corrected chi connectivity index (χ3v) is 5.89. The monoisotopic (exact) mass is 307 g/mol. The number of thiophene rings is 1. The van der Waals surface area contributed by atoms with Crippen LogP contribution in [-0.4, -0.2) is 47.9 Å². The maximum absolute atomic E-state index is 12.6. The number of fused-ring (bicyclic) bond motifs is 1. The Bertz CT molecular complexity index is 501. The van der Waals surface area contributed by atoms with Crippen molar-refractivity contribution in [3.8, 4) is 0 Å². The first kappa shape index (κ1) is 15.0. The minimum atomic E-state index is 0.264. The van der Waals surface area contributed by atoms with Gasteiger partial charge in [0.05, 0.1) is 6.54 Å². The molecule has 4 nitrogen and oxygen atoms in total. The highest BCUT2D eigenvalue weighted by molar-refractivity contribution is 7.10. The molecule has 5 heteroatoms. The van der Waals surface area contributed by atoms with E-state index in [0.717, 1.165) is 38.4 Å². The van der Waals surface area contributed by atoms with Crippen LogP contribution >= 0.6 is 11.3 Å². The molecule has 0 bridgehead atoms. The standard InChI is InChI=1S/C16H25N3OS/c1-12-2-5-18(14(8-12)9-17)11-16(20)19-6-3-15-13(10-19)4-7-21-15/h4,7,12,14H,2-3,5-6,8-11,17H2,1H3. The molecule has 116 valence electrons. The molecule has 2 aliphatic heterocycles. The van der Waals surface area contributed by atoms with Crippen LogP contribution in [0.25, 0.3) is 0 Å². The first-order chi connectivity index (χ1) is 10.2. The van der Waals surface area contributed by atoms with Crippen molar-refractivity contribution in [2.24, 2.45) is 11.7 Å². The summed E-state index contributed by atoms with van der Waals surface area (Å²) in [6.07, 6.45) is 3.31. The summed E-state index contributed by atoms with van der Waals surface area (Å²) in [4.78, 5) is 18.3. The van der Waals surface area contributed by atoms with Crippen molar-refractivity contribution < 1.29 is 4.79 Å². The zero-order valence-electron chi connectivity index (χ0n) is 12.8. The van der Waals surface area contributed by atoms with Gasteiger partial charge in [0.2, 0.25) is 5.91 Å². The van der Waals surface area contributed by atoms with E-state index in [9.17, 15) is 4.79 Å². The van der Waals surface area contributed by atoms with Crippen molar-refractivity contribution in [1.82, 2.24) is 9.80 Å². The van der Waals surface area contributed by atoms with Gasteiger partial charge in [-0.3, -0.25) is 9.69 Å². The summed E-state index contributed by atoms with van der Waals surface area (Å²) in [7, 11) is 0. The Labute approximate surface area is 130 Å². The maximum atomic E-state index is 12.6. The Kier molecular flexibility index (Phi) is 4.62. The third kappa shape index (κ3) is 3.30. The van der Waals surface area contributed by atoms with E-state index in [0.29, 0.717) is 19.1 Å². The molecule has 3 heterocycles. The van der Waals surface area contributed by atoms with Gasteiger partial charge in [-0.1, -0.05) is 6.92 Å². The second kappa shape index (κ2) is 6.46. The Morgan fingerprint density at radius 3 is 3.14 bits per heavy atom. The molecule has 2 aliphatic rings. The number of rotatable bonds is 3. The van der Waals surface area contributed by atoms with Crippen LogP contribution < -0.4 is 5.73 Å². The van der Waals surface area contributed by atoms with E-state index in [-0.39, 0.29) is 5.91 Å². The number of amides is 1. The smallest absolute Gasteiger partial charge is 0.237 e. The normalized spacial score (nSPS) is 26.7. The van der Waals surface area contributed by atoms with E-state index in [1.807, 2.05) is 16.2 Å². The molecule has 1 fully saturated rings. The van der Waals surface area contributed by atoms with Gasteiger partial charge in [0.15, 0.2) is 0 Å². The van der Waals surface area contributed by atoms with Crippen molar-refractivity contribution in [2.75, 3.05) is 26.2 Å². The van der Waals surface area contributed by atoms with Gasteiger partial charge in [-0.2, -0.15) is 0 Å². The largest absolute Gasteiger partial charge is 0.337 e. The highest BCUT2D eigenvalue weighted by atomic mass is 32.1. The van der Waals surface area contributed by atoms with Crippen LogP contribution in [0.4, 0.5) is 0 Å². The van der Waals surface area contributed by atoms with E-state index in [1.165, 1.54) is 16.9 Å². The third-order valence-electron chi connectivity index (χ3n) is 4.87. The number of carbonyl (C=O) groups is 1. The number of hydrogen-bond donors (Lipinski definition) is 1. The van der Waals surface area contributed by atoms with Crippen molar-refractivity contribution in [1.29, 1.82) is 0 Å². The zero-order valence-corrected chi connectivity index (χ0v) is 13.6. The summed E-state index contributed by atoms with van der Waals surface area (Å²) >= 11 is 1.81. The summed E-state index contributed by atoms with van der Waals surface area (Å²) in [5, 5.41) is 2.13. The van der Waals surface area contributed by atoms with Gasteiger partial charge in [0.25, 0.3) is 0 Å². The number of nitrogens with zero attached hydrogens (tertiary/aromatic N) is 2.